The second-order valence-electron chi connectivity index (χ2n) is 3.90. The molecule has 0 bridgehead atoms. The van der Waals surface area contributed by atoms with Crippen LogP contribution in [0.15, 0.2) is 46.9 Å². The van der Waals surface area contributed by atoms with Gasteiger partial charge in [0.25, 0.3) is 0 Å². The SMILES string of the molecule is Nc1ccc(Br)cc1Oc1ccc(CCO)cc1. The van der Waals surface area contributed by atoms with E-state index in [1.54, 1.807) is 6.07 Å². The van der Waals surface area contributed by atoms with Crippen molar-refractivity contribution < 1.29 is 9.84 Å². The zero-order valence-corrected chi connectivity index (χ0v) is 11.4. The van der Waals surface area contributed by atoms with E-state index in [1.807, 2.05) is 36.4 Å². The molecule has 0 fully saturated rings. The minimum atomic E-state index is 0.152. The number of aliphatic hydroxyl groups is 1. The summed E-state index contributed by atoms with van der Waals surface area (Å²) in [4.78, 5) is 0. The number of anilines is 1. The first-order chi connectivity index (χ1) is 8.69. The summed E-state index contributed by atoms with van der Waals surface area (Å²) in [5.41, 5.74) is 7.51. The van der Waals surface area contributed by atoms with Gasteiger partial charge in [-0.1, -0.05) is 28.1 Å². The van der Waals surface area contributed by atoms with Crippen molar-refractivity contribution in [2.45, 2.75) is 6.42 Å². The number of nitrogens with two attached hydrogens (primary N) is 1. The Kier molecular flexibility index (Phi) is 4.23. The smallest absolute Gasteiger partial charge is 0.151 e. The number of benzene rings is 2. The van der Waals surface area contributed by atoms with E-state index in [0.717, 1.165) is 15.8 Å². The summed E-state index contributed by atoms with van der Waals surface area (Å²) in [6.07, 6.45) is 0.652. The monoisotopic (exact) mass is 307 g/mol. The fourth-order valence-corrected chi connectivity index (χ4v) is 1.92. The standard InChI is InChI=1S/C14H14BrNO2/c15-11-3-6-13(16)14(9-11)18-12-4-1-10(2-5-12)7-8-17/h1-6,9,17H,7-8,16H2. The van der Waals surface area contributed by atoms with Crippen LogP contribution in [-0.2, 0) is 6.42 Å². The molecule has 2 aromatic rings. The molecule has 0 amide bonds. The zero-order chi connectivity index (χ0) is 13.0. The van der Waals surface area contributed by atoms with Crippen LogP contribution in [0.1, 0.15) is 5.56 Å². The normalized spacial score (nSPS) is 10.3. The summed E-state index contributed by atoms with van der Waals surface area (Å²) in [6, 6.07) is 13.1. The van der Waals surface area contributed by atoms with Gasteiger partial charge in [-0.15, -0.1) is 0 Å². The van der Waals surface area contributed by atoms with E-state index < -0.39 is 0 Å². The van der Waals surface area contributed by atoms with Gasteiger partial charge >= 0.3 is 0 Å². The van der Waals surface area contributed by atoms with E-state index in [9.17, 15) is 0 Å². The lowest BCUT2D eigenvalue weighted by Gasteiger charge is -2.09. The van der Waals surface area contributed by atoms with Crippen LogP contribution in [0.2, 0.25) is 0 Å². The molecule has 94 valence electrons. The van der Waals surface area contributed by atoms with E-state index in [-0.39, 0.29) is 6.61 Å². The maximum absolute atomic E-state index is 8.84. The third-order valence-corrected chi connectivity index (χ3v) is 3.02. The van der Waals surface area contributed by atoms with Gasteiger partial charge in [-0.2, -0.15) is 0 Å². The molecule has 0 aliphatic carbocycles. The number of hydrogen-bond acceptors (Lipinski definition) is 3. The molecule has 2 rings (SSSR count). The molecule has 0 saturated heterocycles. The number of ether oxygens (including phenoxy) is 1. The van der Waals surface area contributed by atoms with Crippen LogP contribution in [0.4, 0.5) is 5.69 Å². The summed E-state index contributed by atoms with van der Waals surface area (Å²) >= 11 is 3.38. The van der Waals surface area contributed by atoms with Crippen LogP contribution < -0.4 is 10.5 Å². The van der Waals surface area contributed by atoms with Gasteiger partial charge in [0.15, 0.2) is 5.75 Å². The molecule has 0 aliphatic rings. The van der Waals surface area contributed by atoms with Crippen LogP contribution >= 0.6 is 15.9 Å². The van der Waals surface area contributed by atoms with Crippen molar-refractivity contribution in [2.75, 3.05) is 12.3 Å². The van der Waals surface area contributed by atoms with Crippen molar-refractivity contribution in [1.82, 2.24) is 0 Å². The van der Waals surface area contributed by atoms with Crippen molar-refractivity contribution in [3.63, 3.8) is 0 Å². The molecule has 0 radical (unpaired) electrons. The maximum atomic E-state index is 8.84. The Hall–Kier alpha value is -1.52. The first-order valence-electron chi connectivity index (χ1n) is 5.62. The Morgan fingerprint density at radius 2 is 1.83 bits per heavy atom. The second-order valence-corrected chi connectivity index (χ2v) is 4.82. The van der Waals surface area contributed by atoms with Crippen molar-refractivity contribution >= 4 is 21.6 Å². The third-order valence-electron chi connectivity index (χ3n) is 2.53. The molecule has 0 aliphatic heterocycles. The Morgan fingerprint density at radius 1 is 1.11 bits per heavy atom. The van der Waals surface area contributed by atoms with Gasteiger partial charge in [0, 0.05) is 11.1 Å². The molecule has 0 aromatic heterocycles. The molecule has 0 saturated carbocycles. The van der Waals surface area contributed by atoms with Crippen molar-refractivity contribution in [3.8, 4) is 11.5 Å². The highest BCUT2D eigenvalue weighted by molar-refractivity contribution is 9.10. The van der Waals surface area contributed by atoms with E-state index >= 15 is 0 Å². The highest BCUT2D eigenvalue weighted by atomic mass is 79.9. The Morgan fingerprint density at radius 3 is 2.50 bits per heavy atom. The molecule has 0 spiro atoms. The first kappa shape index (κ1) is 12.9. The zero-order valence-electron chi connectivity index (χ0n) is 9.77. The van der Waals surface area contributed by atoms with E-state index in [2.05, 4.69) is 15.9 Å². The summed E-state index contributed by atoms with van der Waals surface area (Å²) < 4.78 is 6.63. The van der Waals surface area contributed by atoms with E-state index in [1.165, 1.54) is 0 Å². The molecule has 4 heteroatoms. The van der Waals surface area contributed by atoms with Crippen LogP contribution in [0, 0.1) is 0 Å². The highest BCUT2D eigenvalue weighted by Crippen LogP contribution is 2.30. The second kappa shape index (κ2) is 5.89. The summed E-state index contributed by atoms with van der Waals surface area (Å²) in [5.74, 6) is 1.35. The minimum absolute atomic E-state index is 0.152. The quantitative estimate of drug-likeness (QED) is 0.852. The fourth-order valence-electron chi connectivity index (χ4n) is 1.58. The predicted octanol–water partition coefficient (Wildman–Crippen LogP) is 3.36. The van der Waals surface area contributed by atoms with Gasteiger partial charge < -0.3 is 15.6 Å². The third kappa shape index (κ3) is 3.24. The maximum Gasteiger partial charge on any atom is 0.151 e. The molecule has 0 unspecified atom stereocenters. The summed E-state index contributed by atoms with van der Waals surface area (Å²) in [6.45, 7) is 0.152. The van der Waals surface area contributed by atoms with Crippen molar-refractivity contribution in [3.05, 3.63) is 52.5 Å². The van der Waals surface area contributed by atoms with E-state index in [4.69, 9.17) is 15.6 Å². The van der Waals surface area contributed by atoms with Crippen molar-refractivity contribution in [1.29, 1.82) is 0 Å². The molecule has 3 nitrogen and oxygen atoms in total. The van der Waals surface area contributed by atoms with Gasteiger partial charge in [0.2, 0.25) is 0 Å². The largest absolute Gasteiger partial charge is 0.455 e. The van der Waals surface area contributed by atoms with Crippen LogP contribution in [0.25, 0.3) is 0 Å². The number of nitrogen functional groups attached to an aromatic ring is 1. The number of hydrogen-bond donors (Lipinski definition) is 2. The van der Waals surface area contributed by atoms with Crippen LogP contribution in [0.3, 0.4) is 0 Å². The fraction of sp³-hybridized carbons (Fsp3) is 0.143. The number of rotatable bonds is 4. The van der Waals surface area contributed by atoms with Gasteiger partial charge in [0.1, 0.15) is 5.75 Å². The topological polar surface area (TPSA) is 55.5 Å². The lowest BCUT2D eigenvalue weighted by Crippen LogP contribution is -1.93. The van der Waals surface area contributed by atoms with Gasteiger partial charge in [-0.05, 0) is 42.3 Å². The van der Waals surface area contributed by atoms with Gasteiger partial charge in [-0.3, -0.25) is 0 Å². The molecule has 0 heterocycles. The highest BCUT2D eigenvalue weighted by Gasteiger charge is 2.03. The average Bonchev–Trinajstić information content (AvgIpc) is 2.37. The van der Waals surface area contributed by atoms with Crippen LogP contribution in [-0.4, -0.2) is 11.7 Å². The van der Waals surface area contributed by atoms with E-state index in [0.29, 0.717) is 17.9 Å². The molecule has 3 N–H and O–H groups in total. The average molecular weight is 308 g/mol. The molecular weight excluding hydrogens is 294 g/mol. The molecular formula is C14H14BrNO2. The molecule has 0 atom stereocenters. The Balaban J connectivity index is 2.15. The Bertz CT molecular complexity index is 526. The van der Waals surface area contributed by atoms with Crippen LogP contribution in [0.5, 0.6) is 11.5 Å². The Labute approximate surface area is 114 Å². The summed E-state index contributed by atoms with van der Waals surface area (Å²) in [5, 5.41) is 8.84. The number of aliphatic hydroxyl groups excluding tert-OH is 1. The lowest BCUT2D eigenvalue weighted by molar-refractivity contribution is 0.299. The van der Waals surface area contributed by atoms with Gasteiger partial charge in [0.05, 0.1) is 5.69 Å². The summed E-state index contributed by atoms with van der Waals surface area (Å²) in [7, 11) is 0. The molecule has 18 heavy (non-hydrogen) atoms. The van der Waals surface area contributed by atoms with Gasteiger partial charge in [-0.25, -0.2) is 0 Å². The molecule has 2 aromatic carbocycles. The number of halogens is 1. The predicted molar refractivity (Wildman–Crippen MR) is 75.9 cm³/mol. The minimum Gasteiger partial charge on any atom is -0.455 e. The first-order valence-corrected chi connectivity index (χ1v) is 6.41. The lowest BCUT2D eigenvalue weighted by atomic mass is 10.1. The van der Waals surface area contributed by atoms with Crippen molar-refractivity contribution in [2.24, 2.45) is 0 Å².